The third-order valence-corrected chi connectivity index (χ3v) is 4.92. The Bertz CT molecular complexity index is 973. The van der Waals surface area contributed by atoms with Crippen LogP contribution in [-0.4, -0.2) is 19.0 Å². The Balaban J connectivity index is 1.46. The molecule has 0 atom stereocenters. The highest BCUT2D eigenvalue weighted by molar-refractivity contribution is 6.05. The number of fused-ring (bicyclic) bond motifs is 3. The molecule has 0 radical (unpaired) electrons. The standard InChI is InChI=1S/C22H28N2O4/c23-13-7-5-3-1-2-4-6-8-14-24-22(26)19-15-17-18(27-19)11-9-16-10-12-20(25)28-21(16)17/h9-12,15H,1-8,13-14,23H2,(H,24,26). The van der Waals surface area contributed by atoms with Crippen molar-refractivity contribution in [2.45, 2.75) is 51.4 Å². The summed E-state index contributed by atoms with van der Waals surface area (Å²) in [6, 6.07) is 8.30. The maximum Gasteiger partial charge on any atom is 0.336 e. The number of amides is 1. The van der Waals surface area contributed by atoms with Gasteiger partial charge in [0.05, 0.1) is 5.39 Å². The number of nitrogens with two attached hydrogens (primary N) is 1. The van der Waals surface area contributed by atoms with Crippen molar-refractivity contribution in [1.29, 1.82) is 0 Å². The molecule has 2 heterocycles. The Morgan fingerprint density at radius 1 is 0.893 bits per heavy atom. The molecule has 0 bridgehead atoms. The van der Waals surface area contributed by atoms with Crippen LogP contribution in [0.2, 0.25) is 0 Å². The van der Waals surface area contributed by atoms with Crippen molar-refractivity contribution in [3.8, 4) is 0 Å². The van der Waals surface area contributed by atoms with Gasteiger partial charge in [0.25, 0.3) is 5.91 Å². The van der Waals surface area contributed by atoms with Crippen LogP contribution in [0.4, 0.5) is 0 Å². The summed E-state index contributed by atoms with van der Waals surface area (Å²) in [5, 5.41) is 4.33. The van der Waals surface area contributed by atoms with Crippen LogP contribution < -0.4 is 16.7 Å². The van der Waals surface area contributed by atoms with Gasteiger partial charge < -0.3 is 19.9 Å². The molecule has 0 fully saturated rings. The van der Waals surface area contributed by atoms with E-state index in [1.165, 1.54) is 38.2 Å². The molecule has 2 aromatic heterocycles. The third kappa shape index (κ3) is 5.23. The van der Waals surface area contributed by atoms with Crippen molar-refractivity contribution in [3.05, 3.63) is 46.5 Å². The highest BCUT2D eigenvalue weighted by Gasteiger charge is 2.14. The van der Waals surface area contributed by atoms with Crippen LogP contribution in [0.1, 0.15) is 61.9 Å². The maximum absolute atomic E-state index is 12.3. The summed E-state index contributed by atoms with van der Waals surface area (Å²) in [5.74, 6) is -0.0154. The zero-order chi connectivity index (χ0) is 19.8. The summed E-state index contributed by atoms with van der Waals surface area (Å²) in [6.07, 6.45) is 9.34. The van der Waals surface area contributed by atoms with Crippen LogP contribution in [0.15, 0.2) is 44.0 Å². The number of rotatable bonds is 11. The van der Waals surface area contributed by atoms with Gasteiger partial charge in [-0.3, -0.25) is 4.79 Å². The van der Waals surface area contributed by atoms with E-state index >= 15 is 0 Å². The molecule has 3 aromatic rings. The van der Waals surface area contributed by atoms with E-state index in [1.54, 1.807) is 18.2 Å². The fourth-order valence-electron chi connectivity index (χ4n) is 3.37. The summed E-state index contributed by atoms with van der Waals surface area (Å²) in [7, 11) is 0. The molecule has 1 amide bonds. The lowest BCUT2D eigenvalue weighted by molar-refractivity contribution is 0.0927. The van der Waals surface area contributed by atoms with Gasteiger partial charge in [0, 0.05) is 24.1 Å². The largest absolute Gasteiger partial charge is 0.451 e. The van der Waals surface area contributed by atoms with Gasteiger partial charge in [-0.05, 0) is 37.6 Å². The fourth-order valence-corrected chi connectivity index (χ4v) is 3.37. The normalized spacial score (nSPS) is 11.3. The number of carbonyl (C=O) groups is 1. The zero-order valence-electron chi connectivity index (χ0n) is 16.2. The Morgan fingerprint density at radius 2 is 1.57 bits per heavy atom. The Hall–Kier alpha value is -2.60. The van der Waals surface area contributed by atoms with Crippen LogP contribution in [0, 0.1) is 0 Å². The molecule has 0 spiro atoms. The molecule has 1 aromatic carbocycles. The van der Waals surface area contributed by atoms with Crippen molar-refractivity contribution in [3.63, 3.8) is 0 Å². The van der Waals surface area contributed by atoms with Crippen LogP contribution >= 0.6 is 0 Å². The molecule has 0 saturated carbocycles. The summed E-state index contributed by atoms with van der Waals surface area (Å²) in [4.78, 5) is 23.8. The Morgan fingerprint density at radius 3 is 2.32 bits per heavy atom. The fraction of sp³-hybridized carbons (Fsp3) is 0.455. The predicted molar refractivity (Wildman–Crippen MR) is 111 cm³/mol. The summed E-state index contributed by atoms with van der Waals surface area (Å²) in [6.45, 7) is 1.41. The highest BCUT2D eigenvalue weighted by Crippen LogP contribution is 2.27. The van der Waals surface area contributed by atoms with Gasteiger partial charge in [-0.15, -0.1) is 0 Å². The summed E-state index contributed by atoms with van der Waals surface area (Å²) in [5.41, 5.74) is 6.03. The molecule has 6 nitrogen and oxygen atoms in total. The number of carbonyl (C=O) groups excluding carboxylic acids is 1. The van der Waals surface area contributed by atoms with Gasteiger partial charge in [-0.2, -0.15) is 0 Å². The number of hydrogen-bond donors (Lipinski definition) is 2. The number of benzene rings is 1. The first kappa shape index (κ1) is 20.1. The van der Waals surface area contributed by atoms with Crippen LogP contribution in [0.25, 0.3) is 21.9 Å². The topological polar surface area (TPSA) is 98.5 Å². The lowest BCUT2D eigenvalue weighted by atomic mass is 10.1. The number of unbranched alkanes of at least 4 members (excludes halogenated alkanes) is 7. The summed E-state index contributed by atoms with van der Waals surface area (Å²) >= 11 is 0. The number of hydrogen-bond acceptors (Lipinski definition) is 5. The monoisotopic (exact) mass is 384 g/mol. The first-order chi connectivity index (χ1) is 13.7. The first-order valence-electron chi connectivity index (χ1n) is 10.1. The quantitative estimate of drug-likeness (QED) is 0.378. The molecule has 0 aliphatic rings. The highest BCUT2D eigenvalue weighted by atomic mass is 16.4. The van der Waals surface area contributed by atoms with E-state index in [2.05, 4.69) is 5.32 Å². The number of furan rings is 1. The third-order valence-electron chi connectivity index (χ3n) is 4.92. The zero-order valence-corrected chi connectivity index (χ0v) is 16.2. The smallest absolute Gasteiger partial charge is 0.336 e. The second-order valence-corrected chi connectivity index (χ2v) is 7.13. The van der Waals surface area contributed by atoms with Gasteiger partial charge in [-0.1, -0.05) is 38.5 Å². The van der Waals surface area contributed by atoms with Crippen LogP contribution in [0.5, 0.6) is 0 Å². The van der Waals surface area contributed by atoms with Crippen molar-refractivity contribution in [1.82, 2.24) is 5.32 Å². The minimum absolute atomic E-state index is 0.230. The summed E-state index contributed by atoms with van der Waals surface area (Å²) < 4.78 is 10.9. The van der Waals surface area contributed by atoms with E-state index in [1.807, 2.05) is 6.07 Å². The van der Waals surface area contributed by atoms with E-state index in [0.29, 0.717) is 23.1 Å². The van der Waals surface area contributed by atoms with E-state index in [0.717, 1.165) is 31.2 Å². The molecular formula is C22H28N2O4. The van der Waals surface area contributed by atoms with Crippen LogP contribution in [-0.2, 0) is 0 Å². The lowest BCUT2D eigenvalue weighted by Crippen LogP contribution is -2.23. The molecule has 28 heavy (non-hydrogen) atoms. The molecule has 0 saturated heterocycles. The molecule has 3 N–H and O–H groups in total. The Labute approximate surface area is 164 Å². The first-order valence-corrected chi connectivity index (χ1v) is 10.1. The van der Waals surface area contributed by atoms with Gasteiger partial charge in [-0.25, -0.2) is 4.79 Å². The number of nitrogens with one attached hydrogen (secondary N) is 1. The Kier molecular flexibility index (Phi) is 7.25. The second-order valence-electron chi connectivity index (χ2n) is 7.13. The van der Waals surface area contributed by atoms with Gasteiger partial charge in [0.15, 0.2) is 5.76 Å². The maximum atomic E-state index is 12.3. The second kappa shape index (κ2) is 10.1. The van der Waals surface area contributed by atoms with Crippen molar-refractivity contribution < 1.29 is 13.6 Å². The van der Waals surface area contributed by atoms with Gasteiger partial charge in [0.1, 0.15) is 11.2 Å². The van der Waals surface area contributed by atoms with E-state index in [9.17, 15) is 9.59 Å². The van der Waals surface area contributed by atoms with E-state index in [4.69, 9.17) is 14.6 Å². The van der Waals surface area contributed by atoms with Crippen molar-refractivity contribution in [2.24, 2.45) is 5.73 Å². The molecule has 0 aliphatic carbocycles. The van der Waals surface area contributed by atoms with Gasteiger partial charge >= 0.3 is 5.63 Å². The average molecular weight is 384 g/mol. The predicted octanol–water partition coefficient (Wildman–Crippen LogP) is 4.35. The molecule has 6 heteroatoms. The minimum Gasteiger partial charge on any atom is -0.451 e. The van der Waals surface area contributed by atoms with Crippen LogP contribution in [0.3, 0.4) is 0 Å². The lowest BCUT2D eigenvalue weighted by Gasteiger charge is -2.03. The molecule has 150 valence electrons. The molecule has 0 unspecified atom stereocenters. The molecule has 3 rings (SSSR count). The molecule has 0 aliphatic heterocycles. The van der Waals surface area contributed by atoms with E-state index < -0.39 is 5.63 Å². The van der Waals surface area contributed by atoms with Crippen molar-refractivity contribution >= 4 is 27.8 Å². The van der Waals surface area contributed by atoms with E-state index in [-0.39, 0.29) is 11.7 Å². The van der Waals surface area contributed by atoms with Gasteiger partial charge in [0.2, 0.25) is 0 Å². The minimum atomic E-state index is -0.424. The van der Waals surface area contributed by atoms with Crippen molar-refractivity contribution in [2.75, 3.05) is 13.1 Å². The average Bonchev–Trinajstić information content (AvgIpc) is 3.14. The SMILES string of the molecule is NCCCCCCCCCCNC(=O)c1cc2c(ccc3ccc(=O)oc32)o1. The molecular weight excluding hydrogens is 356 g/mol.